The van der Waals surface area contributed by atoms with Crippen LogP contribution in [0.3, 0.4) is 0 Å². The Kier molecular flexibility index (Phi) is 3.14. The molecule has 0 fully saturated rings. The molecule has 0 saturated carbocycles. The van der Waals surface area contributed by atoms with Crippen molar-refractivity contribution in [3.05, 3.63) is 63.9 Å². The predicted octanol–water partition coefficient (Wildman–Crippen LogP) is 3.32. The smallest absolute Gasteiger partial charge is 0.299 e. The van der Waals surface area contributed by atoms with Crippen molar-refractivity contribution in [2.24, 2.45) is 0 Å². The largest absolute Gasteiger partial charge is 0.300 e. The first kappa shape index (κ1) is 13.0. The number of Topliss-reactive ketones (excluding diaryl/α,β-unsaturated/α-hetero) is 1. The number of rotatable bonds is 2. The molecule has 1 aliphatic rings. The van der Waals surface area contributed by atoms with Gasteiger partial charge in [-0.2, -0.15) is 0 Å². The fourth-order valence-corrected chi connectivity index (χ4v) is 2.55. The van der Waals surface area contributed by atoms with E-state index < -0.39 is 11.7 Å². The van der Waals surface area contributed by atoms with Gasteiger partial charge in [-0.25, -0.2) is 4.39 Å². The minimum Gasteiger partial charge on any atom is -0.300 e. The van der Waals surface area contributed by atoms with Gasteiger partial charge in [-0.3, -0.25) is 9.59 Å². The van der Waals surface area contributed by atoms with E-state index in [9.17, 15) is 14.0 Å². The minimum atomic E-state index is -0.553. The Bertz CT molecular complexity index is 712. The van der Waals surface area contributed by atoms with Crippen molar-refractivity contribution in [1.29, 1.82) is 0 Å². The molecule has 3 rings (SSSR count). The van der Waals surface area contributed by atoms with Crippen LogP contribution in [0.25, 0.3) is 0 Å². The monoisotopic (exact) mass is 333 g/mol. The van der Waals surface area contributed by atoms with Crippen molar-refractivity contribution in [2.45, 2.75) is 6.54 Å². The van der Waals surface area contributed by atoms with Gasteiger partial charge >= 0.3 is 0 Å². The topological polar surface area (TPSA) is 37.4 Å². The third-order valence-electron chi connectivity index (χ3n) is 3.19. The quantitative estimate of drug-likeness (QED) is 0.790. The molecular formula is C15H9BrFNO2. The summed E-state index contributed by atoms with van der Waals surface area (Å²) in [7, 11) is 0. The molecule has 0 unspecified atom stereocenters. The van der Waals surface area contributed by atoms with Crippen LogP contribution in [0.5, 0.6) is 0 Å². The molecular weight excluding hydrogens is 325 g/mol. The van der Waals surface area contributed by atoms with E-state index in [0.29, 0.717) is 11.3 Å². The van der Waals surface area contributed by atoms with Crippen LogP contribution in [-0.4, -0.2) is 11.7 Å². The number of halogens is 2. The molecule has 0 radical (unpaired) electrons. The first-order chi connectivity index (χ1) is 9.56. The zero-order valence-corrected chi connectivity index (χ0v) is 11.9. The van der Waals surface area contributed by atoms with Crippen LogP contribution < -0.4 is 4.90 Å². The molecule has 2 aromatic carbocycles. The molecule has 3 nitrogen and oxygen atoms in total. The summed E-state index contributed by atoms with van der Waals surface area (Å²) in [6, 6.07) is 11.0. The van der Waals surface area contributed by atoms with Gasteiger partial charge in [-0.15, -0.1) is 0 Å². The van der Waals surface area contributed by atoms with E-state index in [1.165, 1.54) is 17.0 Å². The lowest BCUT2D eigenvalue weighted by Crippen LogP contribution is -2.29. The van der Waals surface area contributed by atoms with E-state index in [4.69, 9.17) is 0 Å². The number of hydrogen-bond acceptors (Lipinski definition) is 2. The van der Waals surface area contributed by atoms with Crippen molar-refractivity contribution < 1.29 is 14.0 Å². The molecule has 100 valence electrons. The highest BCUT2D eigenvalue weighted by molar-refractivity contribution is 9.10. The molecule has 5 heteroatoms. The van der Waals surface area contributed by atoms with Gasteiger partial charge < -0.3 is 4.90 Å². The summed E-state index contributed by atoms with van der Waals surface area (Å²) in [5, 5.41) is 0. The number of nitrogens with zero attached hydrogens (tertiary/aromatic N) is 1. The molecule has 0 bridgehead atoms. The van der Waals surface area contributed by atoms with E-state index in [2.05, 4.69) is 15.9 Å². The average molecular weight is 334 g/mol. The lowest BCUT2D eigenvalue weighted by atomic mass is 10.1. The maximum Gasteiger partial charge on any atom is 0.299 e. The SMILES string of the molecule is O=C1C(=O)N(Cc2ccc(F)cc2)c2cc(Br)ccc21. The summed E-state index contributed by atoms with van der Waals surface area (Å²) < 4.78 is 13.7. The Morgan fingerprint density at radius 1 is 1.05 bits per heavy atom. The number of fused-ring (bicyclic) bond motifs is 1. The van der Waals surface area contributed by atoms with Gasteiger partial charge in [0, 0.05) is 4.47 Å². The van der Waals surface area contributed by atoms with Gasteiger partial charge in [-0.05, 0) is 35.9 Å². The Hall–Kier alpha value is -2.01. The van der Waals surface area contributed by atoms with E-state index >= 15 is 0 Å². The number of carbonyl (C=O) groups excluding carboxylic acids is 2. The van der Waals surface area contributed by atoms with Gasteiger partial charge in [0.25, 0.3) is 11.7 Å². The maximum absolute atomic E-state index is 12.9. The summed E-state index contributed by atoms with van der Waals surface area (Å²) in [5.41, 5.74) is 1.75. The normalized spacial score (nSPS) is 13.8. The van der Waals surface area contributed by atoms with E-state index in [1.54, 1.807) is 30.3 Å². The molecule has 20 heavy (non-hydrogen) atoms. The van der Waals surface area contributed by atoms with Crippen LogP contribution in [0, 0.1) is 5.82 Å². The van der Waals surface area contributed by atoms with Crippen molar-refractivity contribution in [2.75, 3.05) is 4.90 Å². The van der Waals surface area contributed by atoms with Gasteiger partial charge in [0.2, 0.25) is 0 Å². The van der Waals surface area contributed by atoms with Crippen LogP contribution >= 0.6 is 15.9 Å². The number of amides is 1. The fourth-order valence-electron chi connectivity index (χ4n) is 2.20. The minimum absolute atomic E-state index is 0.244. The molecule has 0 atom stereocenters. The van der Waals surface area contributed by atoms with Gasteiger partial charge in [0.05, 0.1) is 17.8 Å². The molecule has 1 heterocycles. The molecule has 0 N–H and O–H groups in total. The van der Waals surface area contributed by atoms with Crippen molar-refractivity contribution in [1.82, 2.24) is 0 Å². The standard InChI is InChI=1S/C15H9BrFNO2/c16-10-3-6-12-13(7-10)18(15(20)14(12)19)8-9-1-4-11(17)5-2-9/h1-7H,8H2. The maximum atomic E-state index is 12.9. The van der Waals surface area contributed by atoms with Crippen LogP contribution in [0.15, 0.2) is 46.9 Å². The van der Waals surface area contributed by atoms with Crippen molar-refractivity contribution >= 4 is 33.3 Å². The first-order valence-corrected chi connectivity index (χ1v) is 6.76. The second-order valence-electron chi connectivity index (χ2n) is 4.51. The zero-order valence-electron chi connectivity index (χ0n) is 10.3. The predicted molar refractivity (Wildman–Crippen MR) is 76.1 cm³/mol. The van der Waals surface area contributed by atoms with Crippen molar-refractivity contribution in [3.63, 3.8) is 0 Å². The Labute approximate surface area is 123 Å². The molecule has 0 spiro atoms. The summed E-state index contributed by atoms with van der Waals surface area (Å²) >= 11 is 3.33. The third-order valence-corrected chi connectivity index (χ3v) is 3.68. The lowest BCUT2D eigenvalue weighted by molar-refractivity contribution is -0.114. The number of ketones is 1. The molecule has 1 amide bonds. The lowest BCUT2D eigenvalue weighted by Gasteiger charge is -2.16. The van der Waals surface area contributed by atoms with E-state index in [0.717, 1.165) is 10.0 Å². The van der Waals surface area contributed by atoms with Crippen molar-refractivity contribution in [3.8, 4) is 0 Å². The summed E-state index contributed by atoms with van der Waals surface area (Å²) in [5.74, 6) is -1.39. The molecule has 0 aliphatic carbocycles. The van der Waals surface area contributed by atoms with Crippen LogP contribution in [0.4, 0.5) is 10.1 Å². The Morgan fingerprint density at radius 3 is 2.45 bits per heavy atom. The van der Waals surface area contributed by atoms with Gasteiger partial charge in [-0.1, -0.05) is 28.1 Å². The molecule has 1 aliphatic heterocycles. The fraction of sp³-hybridized carbons (Fsp3) is 0.0667. The number of anilines is 1. The number of hydrogen-bond donors (Lipinski definition) is 0. The van der Waals surface area contributed by atoms with Crippen LogP contribution in [0.2, 0.25) is 0 Å². The third kappa shape index (κ3) is 2.14. The molecule has 2 aromatic rings. The van der Waals surface area contributed by atoms with Crippen LogP contribution in [0.1, 0.15) is 15.9 Å². The first-order valence-electron chi connectivity index (χ1n) is 5.96. The Balaban J connectivity index is 1.98. The second kappa shape index (κ2) is 4.83. The zero-order chi connectivity index (χ0) is 14.3. The highest BCUT2D eigenvalue weighted by Gasteiger charge is 2.35. The van der Waals surface area contributed by atoms with E-state index in [-0.39, 0.29) is 12.4 Å². The summed E-state index contributed by atoms with van der Waals surface area (Å²) in [6.45, 7) is 0.244. The second-order valence-corrected chi connectivity index (χ2v) is 5.42. The summed E-state index contributed by atoms with van der Waals surface area (Å²) in [4.78, 5) is 25.3. The highest BCUT2D eigenvalue weighted by atomic mass is 79.9. The van der Waals surface area contributed by atoms with Gasteiger partial charge in [0.1, 0.15) is 5.82 Å². The van der Waals surface area contributed by atoms with Crippen LogP contribution in [-0.2, 0) is 11.3 Å². The molecule has 0 saturated heterocycles. The average Bonchev–Trinajstić information content (AvgIpc) is 2.66. The molecule has 0 aromatic heterocycles. The number of carbonyl (C=O) groups is 2. The Morgan fingerprint density at radius 2 is 1.75 bits per heavy atom. The van der Waals surface area contributed by atoms with E-state index in [1.807, 2.05) is 0 Å². The summed E-state index contributed by atoms with van der Waals surface area (Å²) in [6.07, 6.45) is 0. The number of benzene rings is 2. The highest BCUT2D eigenvalue weighted by Crippen LogP contribution is 2.32. The van der Waals surface area contributed by atoms with Gasteiger partial charge in [0.15, 0.2) is 0 Å².